The van der Waals surface area contributed by atoms with Crippen molar-refractivity contribution in [2.24, 2.45) is 0 Å². The number of fused-ring (bicyclic) bond motifs is 8. The molecule has 0 radical (unpaired) electrons. The van der Waals surface area contributed by atoms with Gasteiger partial charge in [0.1, 0.15) is 5.58 Å². The number of para-hydroxylation sites is 1. The molecule has 0 aliphatic carbocycles. The van der Waals surface area contributed by atoms with Gasteiger partial charge < -0.3 is 8.98 Å². The molecule has 0 spiro atoms. The van der Waals surface area contributed by atoms with Crippen molar-refractivity contribution in [2.75, 3.05) is 0 Å². The summed E-state index contributed by atoms with van der Waals surface area (Å²) in [5.74, 6) is 1.83. The smallest absolute Gasteiger partial charge is 0.164 e. The van der Waals surface area contributed by atoms with Gasteiger partial charge in [0.05, 0.1) is 16.7 Å². The minimum atomic E-state index is 0.590. The molecule has 0 aliphatic rings. The second kappa shape index (κ2) is 12.8. The maximum absolute atomic E-state index is 6.93. The third-order valence-corrected chi connectivity index (χ3v) is 11.4. The van der Waals surface area contributed by atoms with Crippen LogP contribution >= 0.6 is 0 Å². The van der Waals surface area contributed by atoms with Crippen LogP contribution < -0.4 is 0 Å². The molecule has 0 N–H and O–H groups in total. The fourth-order valence-corrected chi connectivity index (χ4v) is 8.64. The highest BCUT2D eigenvalue weighted by molar-refractivity contribution is 6.17. The molecule has 0 aliphatic heterocycles. The molecular weight excluding hydrogens is 709 g/mol. The van der Waals surface area contributed by atoms with Crippen molar-refractivity contribution < 1.29 is 4.42 Å². The lowest BCUT2D eigenvalue weighted by atomic mass is 10.0. The summed E-state index contributed by atoms with van der Waals surface area (Å²) in [5.41, 5.74) is 9.89. The number of rotatable bonds is 5. The molecule has 0 saturated carbocycles. The molecule has 3 heterocycles. The van der Waals surface area contributed by atoms with E-state index in [1.165, 1.54) is 38.1 Å². The minimum absolute atomic E-state index is 0.590. The van der Waals surface area contributed by atoms with Crippen LogP contribution in [0.5, 0.6) is 0 Å². The van der Waals surface area contributed by atoms with Crippen molar-refractivity contribution in [1.29, 1.82) is 0 Å². The van der Waals surface area contributed by atoms with Gasteiger partial charge in [-0.1, -0.05) is 152 Å². The maximum Gasteiger partial charge on any atom is 0.164 e. The normalized spacial score (nSPS) is 11.8. The molecule has 5 heteroatoms. The third kappa shape index (κ3) is 5.14. The van der Waals surface area contributed by atoms with Crippen molar-refractivity contribution in [2.45, 2.75) is 0 Å². The average molecular weight is 741 g/mol. The van der Waals surface area contributed by atoms with Crippen LogP contribution in [0.25, 0.3) is 116 Å². The Morgan fingerprint density at radius 1 is 0.362 bits per heavy atom. The monoisotopic (exact) mass is 740 g/mol. The standard InChI is InChI=1S/C53H32N4O/c1-3-13-33(14-4-1)39-27-28-45-43(31-39)44-30-37-19-9-10-20-38(37)32-47(44)57(45)46-23-11-21-41-49-42(22-12-24-48(49)58-50(41)46)53-55-51(35-16-5-2-6-17-35)54-52(56-53)40-26-25-34-15-7-8-18-36(34)29-40/h1-32H. The summed E-state index contributed by atoms with van der Waals surface area (Å²) >= 11 is 0. The van der Waals surface area contributed by atoms with Crippen LogP contribution in [0.1, 0.15) is 0 Å². The van der Waals surface area contributed by atoms with Crippen molar-refractivity contribution in [3.63, 3.8) is 0 Å². The molecule has 3 aromatic heterocycles. The molecule has 12 rings (SSSR count). The molecule has 0 fully saturated rings. The van der Waals surface area contributed by atoms with Crippen LogP contribution in [0.2, 0.25) is 0 Å². The van der Waals surface area contributed by atoms with E-state index in [0.717, 1.165) is 60.7 Å². The zero-order valence-corrected chi connectivity index (χ0v) is 31.2. The van der Waals surface area contributed by atoms with E-state index in [1.54, 1.807) is 0 Å². The van der Waals surface area contributed by atoms with Crippen LogP contribution in [0.15, 0.2) is 199 Å². The van der Waals surface area contributed by atoms with E-state index in [0.29, 0.717) is 17.5 Å². The van der Waals surface area contributed by atoms with Crippen LogP contribution in [0.3, 0.4) is 0 Å². The molecule has 0 saturated heterocycles. The molecule has 270 valence electrons. The summed E-state index contributed by atoms with van der Waals surface area (Å²) in [4.78, 5) is 15.4. The number of nitrogens with zero attached hydrogens (tertiary/aromatic N) is 4. The maximum atomic E-state index is 6.93. The molecular formula is C53H32N4O. The van der Waals surface area contributed by atoms with Gasteiger partial charge >= 0.3 is 0 Å². The summed E-state index contributed by atoms with van der Waals surface area (Å²) in [5, 5.41) is 9.04. The van der Waals surface area contributed by atoms with Crippen molar-refractivity contribution in [3.8, 4) is 51.0 Å². The van der Waals surface area contributed by atoms with Gasteiger partial charge in [-0.15, -0.1) is 0 Å². The molecule has 0 atom stereocenters. The zero-order valence-electron chi connectivity index (χ0n) is 31.2. The molecule has 58 heavy (non-hydrogen) atoms. The largest absolute Gasteiger partial charge is 0.454 e. The van der Waals surface area contributed by atoms with Crippen molar-refractivity contribution >= 4 is 65.3 Å². The highest BCUT2D eigenvalue weighted by atomic mass is 16.3. The van der Waals surface area contributed by atoms with Gasteiger partial charge in [0, 0.05) is 38.2 Å². The lowest BCUT2D eigenvalue weighted by Gasteiger charge is -2.10. The summed E-state index contributed by atoms with van der Waals surface area (Å²) in [7, 11) is 0. The molecule has 0 unspecified atom stereocenters. The van der Waals surface area contributed by atoms with Crippen LogP contribution in [0, 0.1) is 0 Å². The quantitative estimate of drug-likeness (QED) is 0.176. The summed E-state index contributed by atoms with van der Waals surface area (Å²) in [6, 6.07) is 68.1. The third-order valence-electron chi connectivity index (χ3n) is 11.4. The Morgan fingerprint density at radius 2 is 0.983 bits per heavy atom. The summed E-state index contributed by atoms with van der Waals surface area (Å²) in [6.07, 6.45) is 0. The first-order valence-corrected chi connectivity index (χ1v) is 19.5. The predicted molar refractivity (Wildman–Crippen MR) is 238 cm³/mol. The Morgan fingerprint density at radius 3 is 1.78 bits per heavy atom. The van der Waals surface area contributed by atoms with E-state index >= 15 is 0 Å². The van der Waals surface area contributed by atoms with Crippen LogP contribution in [-0.4, -0.2) is 19.5 Å². The van der Waals surface area contributed by atoms with Crippen molar-refractivity contribution in [1.82, 2.24) is 19.5 Å². The Hall–Kier alpha value is -7.89. The van der Waals surface area contributed by atoms with Gasteiger partial charge in [0.15, 0.2) is 23.1 Å². The van der Waals surface area contributed by atoms with E-state index in [9.17, 15) is 0 Å². The molecule has 5 nitrogen and oxygen atoms in total. The van der Waals surface area contributed by atoms with Crippen LogP contribution in [-0.2, 0) is 0 Å². The fraction of sp³-hybridized carbons (Fsp3) is 0. The number of hydrogen-bond acceptors (Lipinski definition) is 4. The fourth-order valence-electron chi connectivity index (χ4n) is 8.64. The number of benzene rings is 9. The molecule has 0 amide bonds. The van der Waals surface area contributed by atoms with E-state index in [1.807, 2.05) is 42.5 Å². The Balaban J connectivity index is 1.10. The van der Waals surface area contributed by atoms with Gasteiger partial charge in [-0.25, -0.2) is 15.0 Å². The van der Waals surface area contributed by atoms with E-state index in [4.69, 9.17) is 19.4 Å². The zero-order chi connectivity index (χ0) is 38.2. The minimum Gasteiger partial charge on any atom is -0.454 e. The summed E-state index contributed by atoms with van der Waals surface area (Å²) in [6.45, 7) is 0. The van der Waals surface area contributed by atoms with Gasteiger partial charge in [-0.05, 0) is 75.1 Å². The number of furan rings is 1. The Labute approximate surface area is 333 Å². The lowest BCUT2D eigenvalue weighted by molar-refractivity contribution is 0.666. The van der Waals surface area contributed by atoms with Gasteiger partial charge in [0.25, 0.3) is 0 Å². The molecule has 9 aromatic carbocycles. The molecule has 12 aromatic rings. The van der Waals surface area contributed by atoms with Gasteiger partial charge in [-0.3, -0.25) is 0 Å². The first kappa shape index (κ1) is 32.4. The van der Waals surface area contributed by atoms with E-state index in [-0.39, 0.29) is 0 Å². The highest BCUT2D eigenvalue weighted by Gasteiger charge is 2.22. The first-order chi connectivity index (χ1) is 28.7. The lowest BCUT2D eigenvalue weighted by Crippen LogP contribution is -2.00. The van der Waals surface area contributed by atoms with Crippen molar-refractivity contribution in [3.05, 3.63) is 194 Å². The number of hydrogen-bond donors (Lipinski definition) is 0. The van der Waals surface area contributed by atoms with Crippen LogP contribution in [0.4, 0.5) is 0 Å². The topological polar surface area (TPSA) is 56.7 Å². The molecule has 0 bridgehead atoms. The second-order valence-electron chi connectivity index (χ2n) is 14.8. The number of aromatic nitrogens is 4. The second-order valence-corrected chi connectivity index (χ2v) is 14.8. The van der Waals surface area contributed by atoms with E-state index < -0.39 is 0 Å². The Bertz CT molecular complexity index is 3570. The highest BCUT2D eigenvalue weighted by Crippen LogP contribution is 2.42. The van der Waals surface area contributed by atoms with Gasteiger partial charge in [0.2, 0.25) is 0 Å². The summed E-state index contributed by atoms with van der Waals surface area (Å²) < 4.78 is 9.30. The average Bonchev–Trinajstić information content (AvgIpc) is 3.84. The van der Waals surface area contributed by atoms with Gasteiger partial charge in [-0.2, -0.15) is 0 Å². The predicted octanol–water partition coefficient (Wildman–Crippen LogP) is 13.8. The Kier molecular flexibility index (Phi) is 7.16. The first-order valence-electron chi connectivity index (χ1n) is 19.5. The van der Waals surface area contributed by atoms with E-state index in [2.05, 4.69) is 156 Å². The SMILES string of the molecule is c1ccc(-c2ccc3c(c2)c2cc4ccccc4cc2n3-c2cccc3c2oc2cccc(-c4nc(-c5ccccc5)nc(-c5ccc6ccccc6c5)n4)c23)cc1.